The highest BCUT2D eigenvalue weighted by atomic mass is 16.1. The Bertz CT molecular complexity index is 1110. The van der Waals surface area contributed by atoms with Gasteiger partial charge >= 0.3 is 0 Å². The first-order valence-corrected chi connectivity index (χ1v) is 8.82. The molecule has 4 heteroatoms. The number of aromatic nitrogens is 3. The zero-order valence-corrected chi connectivity index (χ0v) is 15.2. The van der Waals surface area contributed by atoms with Gasteiger partial charge in [-0.2, -0.15) is 0 Å². The predicted octanol–water partition coefficient (Wildman–Crippen LogP) is 4.78. The molecule has 2 aromatic carbocycles. The zero-order chi connectivity index (χ0) is 18.8. The molecule has 0 aliphatic rings. The van der Waals surface area contributed by atoms with Crippen molar-refractivity contribution in [1.82, 2.24) is 15.0 Å². The SMILES string of the molecule is Cc1ccccc1-c1cc(-c2ccccc2C)nc(-c2cccc(=O)[nH]2)n1. The lowest BCUT2D eigenvalue weighted by molar-refractivity contribution is 1.12. The van der Waals surface area contributed by atoms with E-state index in [9.17, 15) is 4.79 Å². The molecule has 0 radical (unpaired) electrons. The van der Waals surface area contributed by atoms with Crippen LogP contribution in [0.15, 0.2) is 77.6 Å². The minimum atomic E-state index is -0.171. The van der Waals surface area contributed by atoms with Crippen LogP contribution in [0.1, 0.15) is 11.1 Å². The van der Waals surface area contributed by atoms with Gasteiger partial charge in [0.25, 0.3) is 0 Å². The number of rotatable bonds is 3. The summed E-state index contributed by atoms with van der Waals surface area (Å²) >= 11 is 0. The highest BCUT2D eigenvalue weighted by Crippen LogP contribution is 2.29. The topological polar surface area (TPSA) is 58.6 Å². The predicted molar refractivity (Wildman–Crippen MR) is 108 cm³/mol. The summed E-state index contributed by atoms with van der Waals surface area (Å²) in [7, 11) is 0. The van der Waals surface area contributed by atoms with Crippen molar-refractivity contribution in [3.8, 4) is 34.0 Å². The van der Waals surface area contributed by atoms with Gasteiger partial charge in [0, 0.05) is 17.2 Å². The Morgan fingerprint density at radius 2 is 1.26 bits per heavy atom. The molecule has 0 unspecified atom stereocenters. The number of nitrogens with one attached hydrogen (secondary N) is 1. The molecule has 1 N–H and O–H groups in total. The van der Waals surface area contributed by atoms with Crippen molar-refractivity contribution in [3.63, 3.8) is 0 Å². The summed E-state index contributed by atoms with van der Waals surface area (Å²) < 4.78 is 0. The third-order valence-corrected chi connectivity index (χ3v) is 4.58. The van der Waals surface area contributed by atoms with Gasteiger partial charge in [-0.1, -0.05) is 54.6 Å². The monoisotopic (exact) mass is 353 g/mol. The Labute approximate surface area is 157 Å². The average molecular weight is 353 g/mol. The van der Waals surface area contributed by atoms with Crippen LogP contribution in [0.25, 0.3) is 34.0 Å². The van der Waals surface area contributed by atoms with Crippen LogP contribution < -0.4 is 5.56 Å². The molecular weight excluding hydrogens is 334 g/mol. The smallest absolute Gasteiger partial charge is 0.248 e. The molecule has 0 spiro atoms. The second-order valence-corrected chi connectivity index (χ2v) is 6.52. The molecule has 0 bridgehead atoms. The van der Waals surface area contributed by atoms with E-state index in [4.69, 9.17) is 9.97 Å². The lowest BCUT2D eigenvalue weighted by Crippen LogP contribution is -2.06. The fraction of sp³-hybridized carbons (Fsp3) is 0.0870. The van der Waals surface area contributed by atoms with Crippen LogP contribution in [-0.4, -0.2) is 15.0 Å². The van der Waals surface area contributed by atoms with E-state index in [1.807, 2.05) is 36.4 Å². The van der Waals surface area contributed by atoms with Gasteiger partial charge in [-0.15, -0.1) is 0 Å². The van der Waals surface area contributed by atoms with Gasteiger partial charge < -0.3 is 4.98 Å². The Hall–Kier alpha value is -3.53. The maximum atomic E-state index is 11.8. The van der Waals surface area contributed by atoms with Crippen molar-refractivity contribution in [2.45, 2.75) is 13.8 Å². The van der Waals surface area contributed by atoms with Crippen molar-refractivity contribution >= 4 is 0 Å². The summed E-state index contributed by atoms with van der Waals surface area (Å²) in [6.07, 6.45) is 0. The molecule has 4 rings (SSSR count). The van der Waals surface area contributed by atoms with Gasteiger partial charge in [0.2, 0.25) is 5.56 Å². The number of aryl methyl sites for hydroxylation is 2. The third kappa shape index (κ3) is 3.42. The number of pyridine rings is 1. The van der Waals surface area contributed by atoms with Crippen LogP contribution in [0.5, 0.6) is 0 Å². The quantitative estimate of drug-likeness (QED) is 0.576. The maximum absolute atomic E-state index is 11.8. The number of aromatic amines is 1. The first-order valence-electron chi connectivity index (χ1n) is 8.82. The Balaban J connectivity index is 1.99. The molecule has 2 aromatic heterocycles. The molecule has 0 aliphatic heterocycles. The molecule has 0 saturated carbocycles. The molecule has 0 amide bonds. The molecule has 0 aliphatic carbocycles. The van der Waals surface area contributed by atoms with Crippen LogP contribution in [0.4, 0.5) is 0 Å². The summed E-state index contributed by atoms with van der Waals surface area (Å²) in [6.45, 7) is 4.13. The number of hydrogen-bond donors (Lipinski definition) is 1. The van der Waals surface area contributed by atoms with Crippen molar-refractivity contribution < 1.29 is 0 Å². The van der Waals surface area contributed by atoms with Gasteiger partial charge in [0.1, 0.15) is 0 Å². The fourth-order valence-corrected chi connectivity index (χ4v) is 3.14. The highest BCUT2D eigenvalue weighted by molar-refractivity contribution is 5.73. The minimum Gasteiger partial charge on any atom is -0.319 e. The second-order valence-electron chi connectivity index (χ2n) is 6.52. The number of benzene rings is 2. The first kappa shape index (κ1) is 16.9. The summed E-state index contributed by atoms with van der Waals surface area (Å²) in [5.74, 6) is 0.506. The van der Waals surface area contributed by atoms with E-state index >= 15 is 0 Å². The van der Waals surface area contributed by atoms with Gasteiger partial charge in [-0.25, -0.2) is 9.97 Å². The standard InChI is InChI=1S/C23H19N3O/c1-15-8-3-5-10-17(15)20-14-21(18-11-6-4-9-16(18)2)26-23(25-20)19-12-7-13-22(27)24-19/h3-14H,1-2H3,(H,24,27). The molecule has 0 saturated heterocycles. The summed E-state index contributed by atoms with van der Waals surface area (Å²) in [5, 5.41) is 0. The van der Waals surface area contributed by atoms with Crippen molar-refractivity contribution in [1.29, 1.82) is 0 Å². The molecule has 132 valence electrons. The Kier molecular flexibility index (Phi) is 4.38. The summed E-state index contributed by atoms with van der Waals surface area (Å²) in [6, 6.07) is 23.3. The molecular formula is C23H19N3O. The minimum absolute atomic E-state index is 0.171. The van der Waals surface area contributed by atoms with E-state index in [2.05, 4.69) is 43.1 Å². The fourth-order valence-electron chi connectivity index (χ4n) is 3.14. The molecule has 0 fully saturated rings. The van der Waals surface area contributed by atoms with Crippen molar-refractivity contribution in [3.05, 3.63) is 94.3 Å². The number of nitrogens with zero attached hydrogens (tertiary/aromatic N) is 2. The molecule has 2 heterocycles. The molecule has 27 heavy (non-hydrogen) atoms. The van der Waals surface area contributed by atoms with Crippen LogP contribution in [0.2, 0.25) is 0 Å². The highest BCUT2D eigenvalue weighted by Gasteiger charge is 2.13. The summed E-state index contributed by atoms with van der Waals surface area (Å²) in [4.78, 5) is 24.1. The van der Waals surface area contributed by atoms with E-state index in [1.165, 1.54) is 6.07 Å². The maximum Gasteiger partial charge on any atom is 0.248 e. The van der Waals surface area contributed by atoms with Crippen LogP contribution in [-0.2, 0) is 0 Å². The molecule has 0 atom stereocenters. The third-order valence-electron chi connectivity index (χ3n) is 4.58. The normalized spacial score (nSPS) is 10.7. The molecule has 4 nitrogen and oxygen atoms in total. The van der Waals surface area contributed by atoms with Gasteiger partial charge in [-0.3, -0.25) is 4.79 Å². The van der Waals surface area contributed by atoms with Crippen LogP contribution in [0.3, 0.4) is 0 Å². The number of H-pyrrole nitrogens is 1. The zero-order valence-electron chi connectivity index (χ0n) is 15.2. The lowest BCUT2D eigenvalue weighted by Gasteiger charge is -2.12. The Morgan fingerprint density at radius 3 is 1.78 bits per heavy atom. The average Bonchev–Trinajstić information content (AvgIpc) is 2.68. The van der Waals surface area contributed by atoms with Crippen LogP contribution in [0, 0.1) is 13.8 Å². The largest absolute Gasteiger partial charge is 0.319 e. The summed E-state index contributed by atoms with van der Waals surface area (Å²) in [5.41, 5.74) is 6.48. The van der Waals surface area contributed by atoms with Gasteiger partial charge in [0.05, 0.1) is 17.1 Å². The van der Waals surface area contributed by atoms with E-state index in [-0.39, 0.29) is 5.56 Å². The lowest BCUT2D eigenvalue weighted by atomic mass is 10.0. The molecule has 4 aromatic rings. The van der Waals surface area contributed by atoms with Gasteiger partial charge in [0.15, 0.2) is 5.82 Å². The van der Waals surface area contributed by atoms with Crippen molar-refractivity contribution in [2.24, 2.45) is 0 Å². The second kappa shape index (κ2) is 7.00. The Morgan fingerprint density at radius 1 is 0.704 bits per heavy atom. The van der Waals surface area contributed by atoms with Gasteiger partial charge in [-0.05, 0) is 37.1 Å². The van der Waals surface area contributed by atoms with E-state index in [0.717, 1.165) is 33.6 Å². The van der Waals surface area contributed by atoms with Crippen LogP contribution >= 0.6 is 0 Å². The number of hydrogen-bond acceptors (Lipinski definition) is 3. The van der Waals surface area contributed by atoms with Crippen molar-refractivity contribution in [2.75, 3.05) is 0 Å². The van der Waals surface area contributed by atoms with E-state index in [0.29, 0.717) is 11.5 Å². The van der Waals surface area contributed by atoms with E-state index in [1.54, 1.807) is 6.07 Å². The first-order chi connectivity index (χ1) is 13.1. The van der Waals surface area contributed by atoms with E-state index < -0.39 is 0 Å².